The number of allylic oxidation sites excluding steroid dienone is 1. The van der Waals surface area contributed by atoms with Crippen LogP contribution in [0.1, 0.15) is 12.5 Å². The molecule has 3 heteroatoms. The highest BCUT2D eigenvalue weighted by molar-refractivity contribution is 5.51. The van der Waals surface area contributed by atoms with Gasteiger partial charge in [-0.3, -0.25) is 0 Å². The van der Waals surface area contributed by atoms with Crippen molar-refractivity contribution in [1.29, 1.82) is 5.26 Å². The topological polar surface area (TPSA) is 39.1 Å². The Labute approximate surface area is 103 Å². The summed E-state index contributed by atoms with van der Waals surface area (Å²) in [5, 5.41) is 12.3. The van der Waals surface area contributed by atoms with E-state index in [1.807, 2.05) is 50.2 Å². The van der Waals surface area contributed by atoms with Gasteiger partial charge in [0.2, 0.25) is 0 Å². The van der Waals surface area contributed by atoms with E-state index in [1.54, 1.807) is 0 Å². The molecule has 0 aliphatic carbocycles. The largest absolute Gasteiger partial charge is 0.358 e. The van der Waals surface area contributed by atoms with Gasteiger partial charge in [-0.1, -0.05) is 17.7 Å². The Hall–Kier alpha value is -1.79. The van der Waals surface area contributed by atoms with Gasteiger partial charge in [0.15, 0.2) is 0 Å². The molecule has 0 saturated heterocycles. The van der Waals surface area contributed by atoms with Crippen LogP contribution < -0.4 is 5.32 Å². The summed E-state index contributed by atoms with van der Waals surface area (Å²) < 4.78 is 0. The third-order valence-electron chi connectivity index (χ3n) is 2.45. The first kappa shape index (κ1) is 13.3. The molecule has 0 aliphatic heterocycles. The van der Waals surface area contributed by atoms with Crippen LogP contribution in [0.5, 0.6) is 0 Å². The lowest BCUT2D eigenvalue weighted by atomic mass is 10.2. The van der Waals surface area contributed by atoms with E-state index in [2.05, 4.69) is 18.3 Å². The lowest BCUT2D eigenvalue weighted by Gasteiger charge is -2.13. The Morgan fingerprint density at radius 3 is 2.35 bits per heavy atom. The minimum absolute atomic E-state index is 0.654. The first-order chi connectivity index (χ1) is 8.02. The molecule has 0 heterocycles. The molecule has 0 atom stereocenters. The number of likely N-dealkylation sites (N-methyl/N-ethyl adjacent to an activating group) is 1. The highest BCUT2D eigenvalue weighted by atomic mass is 15.1. The molecule has 0 radical (unpaired) electrons. The van der Waals surface area contributed by atoms with E-state index in [4.69, 9.17) is 5.26 Å². The van der Waals surface area contributed by atoms with Crippen LogP contribution in [-0.2, 0) is 0 Å². The first-order valence-electron chi connectivity index (χ1n) is 5.61. The quantitative estimate of drug-likeness (QED) is 0.807. The maximum Gasteiger partial charge on any atom is 0.0979 e. The zero-order chi connectivity index (χ0) is 12.8. The summed E-state index contributed by atoms with van der Waals surface area (Å²) in [5.41, 5.74) is 3.91. The third kappa shape index (κ3) is 4.29. The Bertz CT molecular complexity index is 436. The minimum Gasteiger partial charge on any atom is -0.358 e. The SMILES string of the molecule is C/C(Nc1ccc(C)cc1)=C(\C#N)CN(C)C. The van der Waals surface area contributed by atoms with Gasteiger partial charge < -0.3 is 10.2 Å². The molecule has 0 amide bonds. The van der Waals surface area contributed by atoms with Crippen LogP contribution >= 0.6 is 0 Å². The van der Waals surface area contributed by atoms with Gasteiger partial charge >= 0.3 is 0 Å². The number of nitrogens with one attached hydrogen (secondary N) is 1. The molecule has 1 aromatic carbocycles. The first-order valence-corrected chi connectivity index (χ1v) is 5.61. The molecule has 17 heavy (non-hydrogen) atoms. The fourth-order valence-corrected chi connectivity index (χ4v) is 1.48. The predicted octanol–water partition coefficient (Wildman–Crippen LogP) is 2.77. The fourth-order valence-electron chi connectivity index (χ4n) is 1.48. The summed E-state index contributed by atoms with van der Waals surface area (Å²) in [4.78, 5) is 1.98. The fraction of sp³-hybridized carbons (Fsp3) is 0.357. The van der Waals surface area contributed by atoms with Gasteiger partial charge in [-0.05, 0) is 40.1 Å². The average molecular weight is 229 g/mol. The summed E-state index contributed by atoms with van der Waals surface area (Å²) >= 11 is 0. The molecule has 90 valence electrons. The van der Waals surface area contributed by atoms with E-state index in [1.165, 1.54) is 5.56 Å². The van der Waals surface area contributed by atoms with Crippen molar-refractivity contribution in [2.75, 3.05) is 26.0 Å². The maximum absolute atomic E-state index is 9.09. The zero-order valence-electron chi connectivity index (χ0n) is 10.9. The monoisotopic (exact) mass is 229 g/mol. The van der Waals surface area contributed by atoms with Gasteiger partial charge in [-0.25, -0.2) is 0 Å². The average Bonchev–Trinajstić information content (AvgIpc) is 2.28. The zero-order valence-corrected chi connectivity index (χ0v) is 10.9. The molecule has 0 spiro atoms. The van der Waals surface area contributed by atoms with Gasteiger partial charge in [0.1, 0.15) is 0 Å². The number of rotatable bonds is 4. The predicted molar refractivity (Wildman–Crippen MR) is 71.7 cm³/mol. The Kier molecular flexibility index (Phi) is 4.74. The normalized spacial score (nSPS) is 12.0. The van der Waals surface area contributed by atoms with Gasteiger partial charge in [-0.2, -0.15) is 5.26 Å². The number of anilines is 1. The van der Waals surface area contributed by atoms with Crippen LogP contribution in [0, 0.1) is 18.3 Å². The van der Waals surface area contributed by atoms with E-state index >= 15 is 0 Å². The van der Waals surface area contributed by atoms with Crippen molar-refractivity contribution in [3.8, 4) is 6.07 Å². The second-order valence-corrected chi connectivity index (χ2v) is 4.44. The number of benzene rings is 1. The van der Waals surface area contributed by atoms with Crippen LogP contribution in [0.25, 0.3) is 0 Å². The van der Waals surface area contributed by atoms with E-state index < -0.39 is 0 Å². The van der Waals surface area contributed by atoms with Crippen molar-refractivity contribution in [2.24, 2.45) is 0 Å². The molecule has 0 fully saturated rings. The molecular formula is C14H19N3. The minimum atomic E-state index is 0.654. The number of hydrogen-bond donors (Lipinski definition) is 1. The van der Waals surface area contributed by atoms with Crippen molar-refractivity contribution in [1.82, 2.24) is 4.90 Å². The molecule has 3 nitrogen and oxygen atoms in total. The number of nitrogens with zero attached hydrogens (tertiary/aromatic N) is 2. The molecule has 1 N–H and O–H groups in total. The standard InChI is InChI=1S/C14H19N3/c1-11-5-7-14(8-6-11)16-12(2)13(9-15)10-17(3)4/h5-8,16H,10H2,1-4H3/b13-12-. The Balaban J connectivity index is 2.82. The van der Waals surface area contributed by atoms with Crippen LogP contribution in [0.3, 0.4) is 0 Å². The highest BCUT2D eigenvalue weighted by Crippen LogP contribution is 2.13. The van der Waals surface area contributed by atoms with Crippen molar-refractivity contribution >= 4 is 5.69 Å². The van der Waals surface area contributed by atoms with Gasteiger partial charge in [0.25, 0.3) is 0 Å². The van der Waals surface area contributed by atoms with Crippen LogP contribution in [0.15, 0.2) is 35.5 Å². The lowest BCUT2D eigenvalue weighted by Crippen LogP contribution is -2.16. The molecule has 0 unspecified atom stereocenters. The number of hydrogen-bond acceptors (Lipinski definition) is 3. The maximum atomic E-state index is 9.09. The summed E-state index contributed by atoms with van der Waals surface area (Å²) in [7, 11) is 3.91. The van der Waals surface area contributed by atoms with Gasteiger partial charge in [-0.15, -0.1) is 0 Å². The van der Waals surface area contributed by atoms with E-state index in [-0.39, 0.29) is 0 Å². The molecule has 1 aromatic rings. The Morgan fingerprint density at radius 2 is 1.88 bits per heavy atom. The summed E-state index contributed by atoms with van der Waals surface area (Å²) in [6.45, 7) is 4.64. The van der Waals surface area contributed by atoms with E-state index in [0.29, 0.717) is 6.54 Å². The third-order valence-corrected chi connectivity index (χ3v) is 2.45. The highest BCUT2D eigenvalue weighted by Gasteiger charge is 2.03. The second kappa shape index (κ2) is 6.07. The Morgan fingerprint density at radius 1 is 1.29 bits per heavy atom. The summed E-state index contributed by atoms with van der Waals surface area (Å²) in [6.07, 6.45) is 0. The summed E-state index contributed by atoms with van der Waals surface area (Å²) in [5.74, 6) is 0. The smallest absolute Gasteiger partial charge is 0.0979 e. The van der Waals surface area contributed by atoms with Crippen molar-refractivity contribution in [3.63, 3.8) is 0 Å². The van der Waals surface area contributed by atoms with E-state index in [0.717, 1.165) is 17.0 Å². The second-order valence-electron chi connectivity index (χ2n) is 4.44. The van der Waals surface area contributed by atoms with Gasteiger partial charge in [0.05, 0.1) is 11.6 Å². The lowest BCUT2D eigenvalue weighted by molar-refractivity contribution is 0.448. The van der Waals surface area contributed by atoms with Crippen LogP contribution in [-0.4, -0.2) is 25.5 Å². The molecule has 1 rings (SSSR count). The van der Waals surface area contributed by atoms with Crippen molar-refractivity contribution in [2.45, 2.75) is 13.8 Å². The van der Waals surface area contributed by atoms with Crippen LogP contribution in [0.4, 0.5) is 5.69 Å². The molecule has 0 saturated carbocycles. The molecule has 0 aromatic heterocycles. The molecular weight excluding hydrogens is 210 g/mol. The van der Waals surface area contributed by atoms with E-state index in [9.17, 15) is 0 Å². The van der Waals surface area contributed by atoms with Gasteiger partial charge in [0, 0.05) is 17.9 Å². The number of aryl methyl sites for hydroxylation is 1. The van der Waals surface area contributed by atoms with Crippen molar-refractivity contribution < 1.29 is 0 Å². The molecule has 0 bridgehead atoms. The number of nitriles is 1. The van der Waals surface area contributed by atoms with Crippen LogP contribution in [0.2, 0.25) is 0 Å². The molecule has 0 aliphatic rings. The summed E-state index contributed by atoms with van der Waals surface area (Å²) in [6, 6.07) is 10.4. The van der Waals surface area contributed by atoms with Crippen molar-refractivity contribution in [3.05, 3.63) is 41.1 Å².